The van der Waals surface area contributed by atoms with Gasteiger partial charge in [-0.3, -0.25) is 0 Å². The zero-order valence-corrected chi connectivity index (χ0v) is 57.1. The number of hydrogen-bond acceptors (Lipinski definition) is 7. The molecule has 17 rings (SSSR count). The first-order chi connectivity index (χ1) is 45.3. The van der Waals surface area contributed by atoms with Crippen LogP contribution in [0.2, 0.25) is 0 Å². The van der Waals surface area contributed by atoms with E-state index in [-0.39, 0.29) is 46.5 Å². The normalized spacial score (nSPS) is 18.4. The molecule has 5 heterocycles. The zero-order valence-electron chi connectivity index (χ0n) is 56.3. The Labute approximate surface area is 561 Å². The third-order valence-corrected chi connectivity index (χ3v) is 24.4. The van der Waals surface area contributed by atoms with Gasteiger partial charge >= 0.3 is 0 Å². The molecular formula is C85H82B2N4O2S. The van der Waals surface area contributed by atoms with Gasteiger partial charge in [0.15, 0.2) is 5.06 Å². The molecule has 1 aromatic heterocycles. The van der Waals surface area contributed by atoms with Gasteiger partial charge in [0.05, 0.1) is 11.7 Å². The summed E-state index contributed by atoms with van der Waals surface area (Å²) >= 11 is 1.84. The van der Waals surface area contributed by atoms with E-state index in [1.165, 1.54) is 56.3 Å². The highest BCUT2D eigenvalue weighted by molar-refractivity contribution is 7.17. The van der Waals surface area contributed by atoms with Gasteiger partial charge in [-0.2, -0.15) is 0 Å². The summed E-state index contributed by atoms with van der Waals surface area (Å²) in [5.41, 5.74) is 25.7. The summed E-state index contributed by atoms with van der Waals surface area (Å²) in [5.74, 6) is 2.66. The van der Waals surface area contributed by atoms with Gasteiger partial charge in [0.25, 0.3) is 13.4 Å². The second-order valence-corrected chi connectivity index (χ2v) is 31.9. The van der Waals surface area contributed by atoms with Crippen LogP contribution in [-0.2, 0) is 16.2 Å². The minimum Gasteiger partial charge on any atom is -0.458 e. The summed E-state index contributed by atoms with van der Waals surface area (Å²) in [7, 11) is 0. The van der Waals surface area contributed by atoms with Crippen molar-refractivity contribution in [2.24, 2.45) is 10.8 Å². The van der Waals surface area contributed by atoms with Crippen LogP contribution in [0.15, 0.2) is 230 Å². The summed E-state index contributed by atoms with van der Waals surface area (Å²) in [4.78, 5) is 11.6. The number of fused-ring (bicyclic) bond motifs is 9. The SMILES string of the molecule is CCC(C)(C)c1cc2c(s1)Oc1cc(N(c3ccccc3)C3C=CC4=C(C3)C(C)(C)CCC4(C)C)cc3c1B2c1cc2c(cc1N3c1ccccc1)N(c1ccccc1)c1cc(N(c3ccccc3)c3ccc4c(c3)C(C)(C)CCC4(C)C)cc3c1B2c1ccccc1O3. The molecule has 7 aliphatic rings. The van der Waals surface area contributed by atoms with Crippen molar-refractivity contribution in [3.63, 3.8) is 0 Å². The van der Waals surface area contributed by atoms with Gasteiger partial charge in [0.2, 0.25) is 0 Å². The van der Waals surface area contributed by atoms with Crippen molar-refractivity contribution in [1.82, 2.24) is 0 Å². The molecule has 0 amide bonds. The number of thiophene rings is 1. The van der Waals surface area contributed by atoms with Crippen LogP contribution < -0.4 is 61.9 Å². The molecule has 0 fully saturated rings. The topological polar surface area (TPSA) is 31.4 Å². The van der Waals surface area contributed by atoms with Crippen molar-refractivity contribution in [3.8, 4) is 22.3 Å². The summed E-state index contributed by atoms with van der Waals surface area (Å²) in [6, 6.07) is 77.8. The second-order valence-electron chi connectivity index (χ2n) is 30.9. The van der Waals surface area contributed by atoms with Crippen LogP contribution in [0.1, 0.15) is 131 Å². The van der Waals surface area contributed by atoms with Crippen molar-refractivity contribution in [1.29, 1.82) is 0 Å². The fraction of sp³-hybridized carbons (Fsp3) is 0.271. The maximum absolute atomic E-state index is 7.60. The Bertz CT molecular complexity index is 4780. The molecule has 10 aromatic rings. The maximum atomic E-state index is 7.60. The first-order valence-electron chi connectivity index (χ1n) is 34.4. The van der Waals surface area contributed by atoms with E-state index in [0.717, 1.165) is 121 Å². The van der Waals surface area contributed by atoms with E-state index in [1.807, 2.05) is 11.3 Å². The molecule has 4 aliphatic heterocycles. The third-order valence-electron chi connectivity index (χ3n) is 23.0. The highest BCUT2D eigenvalue weighted by Crippen LogP contribution is 2.56. The molecule has 9 aromatic carbocycles. The molecule has 0 saturated carbocycles. The number of para-hydroxylation sites is 5. The lowest BCUT2D eigenvalue weighted by Gasteiger charge is -2.47. The van der Waals surface area contributed by atoms with Gasteiger partial charge in [-0.15, -0.1) is 11.3 Å². The number of benzene rings is 9. The number of anilines is 11. The monoisotopic (exact) mass is 1240 g/mol. The van der Waals surface area contributed by atoms with Crippen LogP contribution in [0, 0.1) is 10.8 Å². The molecule has 1 atom stereocenters. The predicted octanol–water partition coefficient (Wildman–Crippen LogP) is 19.7. The molecule has 3 aliphatic carbocycles. The Morgan fingerprint density at radius 1 is 0.468 bits per heavy atom. The van der Waals surface area contributed by atoms with E-state index in [1.54, 1.807) is 5.57 Å². The summed E-state index contributed by atoms with van der Waals surface area (Å²) in [6.45, 7) is 26.3. The average molecular weight is 1250 g/mol. The first-order valence-corrected chi connectivity index (χ1v) is 35.2. The number of hydrogen-bond donors (Lipinski definition) is 0. The van der Waals surface area contributed by atoms with Crippen LogP contribution in [0.25, 0.3) is 0 Å². The van der Waals surface area contributed by atoms with Crippen molar-refractivity contribution in [2.45, 2.75) is 137 Å². The molecule has 1 unspecified atom stereocenters. The Morgan fingerprint density at radius 3 is 1.66 bits per heavy atom. The highest BCUT2D eigenvalue weighted by Gasteiger charge is 2.50. The maximum Gasteiger partial charge on any atom is 0.257 e. The van der Waals surface area contributed by atoms with Gasteiger partial charge in [0.1, 0.15) is 17.2 Å². The quantitative estimate of drug-likeness (QED) is 0.127. The lowest BCUT2D eigenvalue weighted by molar-refractivity contribution is 0.256. The Balaban J connectivity index is 0.925. The van der Waals surface area contributed by atoms with E-state index < -0.39 is 0 Å². The fourth-order valence-corrected chi connectivity index (χ4v) is 18.3. The van der Waals surface area contributed by atoms with Crippen LogP contribution in [0.5, 0.6) is 22.3 Å². The molecule has 0 radical (unpaired) electrons. The molecule has 0 saturated heterocycles. The van der Waals surface area contributed by atoms with Gasteiger partial charge in [-0.05, 0) is 206 Å². The van der Waals surface area contributed by atoms with Crippen molar-refractivity contribution in [3.05, 3.63) is 246 Å². The molecule has 466 valence electrons. The average Bonchev–Trinajstić information content (AvgIpc) is 0.924. The highest BCUT2D eigenvalue weighted by atomic mass is 32.1. The molecule has 9 heteroatoms. The van der Waals surface area contributed by atoms with E-state index in [4.69, 9.17) is 9.47 Å². The molecule has 0 spiro atoms. The number of ether oxygens (including phenoxy) is 2. The van der Waals surface area contributed by atoms with Gasteiger partial charge in [0, 0.05) is 73.9 Å². The largest absolute Gasteiger partial charge is 0.458 e. The van der Waals surface area contributed by atoms with Crippen molar-refractivity contribution >= 4 is 120 Å². The number of allylic oxidation sites excluding steroid dienone is 2. The van der Waals surface area contributed by atoms with Crippen molar-refractivity contribution in [2.75, 3.05) is 19.6 Å². The van der Waals surface area contributed by atoms with E-state index in [2.05, 4.69) is 314 Å². The zero-order chi connectivity index (χ0) is 64.4. The molecule has 0 bridgehead atoms. The molecule has 94 heavy (non-hydrogen) atoms. The van der Waals surface area contributed by atoms with Crippen LogP contribution in [-0.4, -0.2) is 19.5 Å². The molecular weight excluding hydrogens is 1160 g/mol. The first kappa shape index (κ1) is 58.9. The minimum absolute atomic E-state index is 0.0135. The van der Waals surface area contributed by atoms with Crippen LogP contribution >= 0.6 is 11.3 Å². The van der Waals surface area contributed by atoms with Crippen LogP contribution in [0.3, 0.4) is 0 Å². The summed E-state index contributed by atoms with van der Waals surface area (Å²) < 4.78 is 15.0. The fourth-order valence-electron chi connectivity index (χ4n) is 17.1. The Hall–Kier alpha value is -8.91. The predicted molar refractivity (Wildman–Crippen MR) is 399 cm³/mol. The Kier molecular flexibility index (Phi) is 13.3. The number of nitrogens with zero attached hydrogens (tertiary/aromatic N) is 4. The smallest absolute Gasteiger partial charge is 0.257 e. The van der Waals surface area contributed by atoms with Gasteiger partial charge in [-0.25, -0.2) is 0 Å². The second kappa shape index (κ2) is 21.3. The minimum atomic E-state index is -0.163. The van der Waals surface area contributed by atoms with Gasteiger partial charge < -0.3 is 29.1 Å². The van der Waals surface area contributed by atoms with Crippen LogP contribution in [0.4, 0.5) is 62.6 Å². The molecule has 0 N–H and O–H groups in total. The number of rotatable bonds is 10. The van der Waals surface area contributed by atoms with E-state index in [9.17, 15) is 0 Å². The standard InChI is InChI=1S/C85H82B2N4O2S/c1-12-81(2,3)77-52-69-80(94-77)93-76-50-61(89(55-29-19-14-20-30-55)59-38-40-63-65(46-59)85(10,11)44-42-83(63,6)7)48-73-79(76)87(69)68-51-67-70(53-71(68)91(73)57-33-23-16-24-34-57)90(56-31-21-15-22-32-56)72-47-60(49-75-78(72)86(67)66-35-25-26-36-74(66)92-75)88(54-27-17-13-18-28-54)58-37-39-62-64(45-58)84(8,9)43-41-82(62,4)5/h13-40,45,47-53,59H,12,41-44,46H2,1-11H3. The van der Waals surface area contributed by atoms with Gasteiger partial charge in [-0.1, -0.05) is 197 Å². The molecule has 6 nitrogen and oxygen atoms in total. The third kappa shape index (κ3) is 9.17. The lowest BCUT2D eigenvalue weighted by atomic mass is 9.31. The van der Waals surface area contributed by atoms with E-state index >= 15 is 0 Å². The van der Waals surface area contributed by atoms with E-state index in [0.29, 0.717) is 0 Å². The van der Waals surface area contributed by atoms with Crippen molar-refractivity contribution < 1.29 is 9.47 Å². The summed E-state index contributed by atoms with van der Waals surface area (Å²) in [6.07, 6.45) is 11.6. The Morgan fingerprint density at radius 2 is 1.01 bits per heavy atom. The lowest BCUT2D eigenvalue weighted by Crippen LogP contribution is -2.63. The summed E-state index contributed by atoms with van der Waals surface area (Å²) in [5, 5.41) is 0.982.